The van der Waals surface area contributed by atoms with E-state index < -0.39 is 0 Å². The minimum Gasteiger partial charge on any atom is -0.399 e. The molecule has 122 valence electrons. The number of anilines is 2. The molecule has 0 fully saturated rings. The van der Waals surface area contributed by atoms with Gasteiger partial charge in [0.2, 0.25) is 0 Å². The van der Waals surface area contributed by atoms with Crippen LogP contribution in [0.25, 0.3) is 16.8 Å². The van der Waals surface area contributed by atoms with Gasteiger partial charge in [-0.05, 0) is 30.5 Å². The van der Waals surface area contributed by atoms with Crippen molar-refractivity contribution < 1.29 is 0 Å². The first-order chi connectivity index (χ1) is 11.7. The molecule has 0 unspecified atom stereocenters. The van der Waals surface area contributed by atoms with Gasteiger partial charge in [-0.1, -0.05) is 12.1 Å². The van der Waals surface area contributed by atoms with Crippen molar-refractivity contribution in [1.29, 1.82) is 0 Å². The number of hydrogen-bond donors (Lipinski definition) is 2. The molecule has 0 amide bonds. The minimum atomic E-state index is 0.764. The molecule has 4 rings (SSSR count). The highest BCUT2D eigenvalue weighted by Crippen LogP contribution is 2.22. The van der Waals surface area contributed by atoms with Gasteiger partial charge in [0.15, 0.2) is 22.6 Å². The molecule has 0 saturated carbocycles. The third kappa shape index (κ3) is 2.34. The number of nitrogens with zero attached hydrogens (tertiary/aromatic N) is 5. The number of imidazole rings is 1. The molecule has 0 atom stereocenters. The van der Waals surface area contributed by atoms with Crippen LogP contribution in [0.15, 0.2) is 36.7 Å². The first-order valence-corrected chi connectivity index (χ1v) is 7.87. The summed E-state index contributed by atoms with van der Waals surface area (Å²) in [6, 6.07) is 10.00. The van der Waals surface area contributed by atoms with Crippen molar-refractivity contribution in [2.45, 2.75) is 12.8 Å². The maximum absolute atomic E-state index is 5.84. The van der Waals surface area contributed by atoms with Gasteiger partial charge >= 0.3 is 0 Å². The average Bonchev–Trinajstić information content (AvgIpc) is 3.15. The van der Waals surface area contributed by atoms with Crippen molar-refractivity contribution in [2.75, 3.05) is 18.1 Å². The maximum atomic E-state index is 5.84. The monoisotopic (exact) mass is 321 g/mol. The van der Waals surface area contributed by atoms with Gasteiger partial charge in [-0.25, -0.2) is 9.97 Å². The Morgan fingerprint density at radius 2 is 2.08 bits per heavy atom. The molecule has 4 aromatic rings. The minimum absolute atomic E-state index is 0.764. The zero-order valence-corrected chi connectivity index (χ0v) is 13.7. The van der Waals surface area contributed by atoms with Crippen LogP contribution in [-0.2, 0) is 19.9 Å². The zero-order chi connectivity index (χ0) is 16.7. The van der Waals surface area contributed by atoms with E-state index in [1.807, 2.05) is 47.4 Å². The summed E-state index contributed by atoms with van der Waals surface area (Å²) in [5.41, 5.74) is 11.4. The van der Waals surface area contributed by atoms with E-state index in [0.717, 1.165) is 46.9 Å². The van der Waals surface area contributed by atoms with Crippen molar-refractivity contribution in [1.82, 2.24) is 24.1 Å². The average molecular weight is 321 g/mol. The Balaban J connectivity index is 1.72. The fourth-order valence-corrected chi connectivity index (χ4v) is 2.98. The Labute approximate surface area is 139 Å². The van der Waals surface area contributed by atoms with Gasteiger partial charge < -0.3 is 15.6 Å². The second kappa shape index (κ2) is 5.52. The number of aryl methyl sites for hydroxylation is 3. The fraction of sp³-hybridized carbons (Fsp3) is 0.235. The van der Waals surface area contributed by atoms with Gasteiger partial charge in [0.25, 0.3) is 0 Å². The van der Waals surface area contributed by atoms with Gasteiger partial charge in [0, 0.05) is 25.8 Å². The van der Waals surface area contributed by atoms with Crippen LogP contribution in [0.1, 0.15) is 11.3 Å². The predicted molar refractivity (Wildman–Crippen MR) is 95.1 cm³/mol. The standard InChI is InChI=1S/C17H19N7/c1-19-16-15-17(23(2)10-20-15)24-14(21-16)9-13(22-24)7-6-11-4-3-5-12(18)8-11/h3-5,8-10H,6-7,18H2,1-2H3,(H,19,21). The van der Waals surface area contributed by atoms with Gasteiger partial charge in [-0.3, -0.25) is 0 Å². The molecule has 3 heterocycles. The highest BCUT2D eigenvalue weighted by molar-refractivity contribution is 5.85. The van der Waals surface area contributed by atoms with Crippen LogP contribution in [0.4, 0.5) is 11.5 Å². The Morgan fingerprint density at radius 1 is 1.21 bits per heavy atom. The number of hydrogen-bond acceptors (Lipinski definition) is 5. The molecule has 7 nitrogen and oxygen atoms in total. The summed E-state index contributed by atoms with van der Waals surface area (Å²) in [5.74, 6) is 0.764. The van der Waals surface area contributed by atoms with E-state index in [1.165, 1.54) is 5.56 Å². The largest absolute Gasteiger partial charge is 0.399 e. The molecule has 0 radical (unpaired) electrons. The van der Waals surface area contributed by atoms with E-state index in [1.54, 1.807) is 6.33 Å². The molecular weight excluding hydrogens is 302 g/mol. The number of benzene rings is 1. The molecule has 1 aromatic carbocycles. The molecular formula is C17H19N7. The smallest absolute Gasteiger partial charge is 0.167 e. The van der Waals surface area contributed by atoms with Crippen LogP contribution in [0.3, 0.4) is 0 Å². The SMILES string of the molecule is CNc1nc2cc(CCc3cccc(N)c3)nn2c2c1ncn2C. The van der Waals surface area contributed by atoms with Crippen molar-refractivity contribution in [3.63, 3.8) is 0 Å². The molecule has 0 aliphatic rings. The highest BCUT2D eigenvalue weighted by atomic mass is 15.3. The quantitative estimate of drug-likeness (QED) is 0.562. The van der Waals surface area contributed by atoms with E-state index in [4.69, 9.17) is 10.8 Å². The molecule has 0 aliphatic carbocycles. The topological polar surface area (TPSA) is 86.1 Å². The number of nitrogens with one attached hydrogen (secondary N) is 1. The lowest BCUT2D eigenvalue weighted by Gasteiger charge is -2.03. The predicted octanol–water partition coefficient (Wildman–Crippen LogP) is 2.03. The molecule has 0 aliphatic heterocycles. The van der Waals surface area contributed by atoms with E-state index in [2.05, 4.69) is 21.4 Å². The third-order valence-corrected chi connectivity index (χ3v) is 4.16. The normalized spacial score (nSPS) is 11.4. The van der Waals surface area contributed by atoms with Crippen LogP contribution < -0.4 is 11.1 Å². The molecule has 0 spiro atoms. The number of fused-ring (bicyclic) bond motifs is 3. The molecule has 0 bridgehead atoms. The lowest BCUT2D eigenvalue weighted by Crippen LogP contribution is -2.02. The first-order valence-electron chi connectivity index (χ1n) is 7.87. The molecule has 3 aromatic heterocycles. The van der Waals surface area contributed by atoms with Gasteiger partial charge in [0.1, 0.15) is 0 Å². The second-order valence-corrected chi connectivity index (χ2v) is 5.89. The number of nitrogen functional groups attached to an aromatic ring is 1. The summed E-state index contributed by atoms with van der Waals surface area (Å²) in [5, 5.41) is 7.83. The second-order valence-electron chi connectivity index (χ2n) is 5.89. The van der Waals surface area contributed by atoms with E-state index in [9.17, 15) is 0 Å². The fourth-order valence-electron chi connectivity index (χ4n) is 2.98. The summed E-state index contributed by atoms with van der Waals surface area (Å²) in [6.45, 7) is 0. The van der Waals surface area contributed by atoms with E-state index in [0.29, 0.717) is 0 Å². The zero-order valence-electron chi connectivity index (χ0n) is 13.7. The number of nitrogens with two attached hydrogens (primary N) is 1. The Bertz CT molecular complexity index is 1030. The van der Waals surface area contributed by atoms with Gasteiger partial charge in [-0.2, -0.15) is 9.61 Å². The number of aromatic nitrogens is 5. The van der Waals surface area contributed by atoms with Crippen molar-refractivity contribution in [3.05, 3.63) is 47.9 Å². The van der Waals surface area contributed by atoms with Crippen molar-refractivity contribution in [2.24, 2.45) is 7.05 Å². The number of rotatable bonds is 4. The Kier molecular flexibility index (Phi) is 3.34. The van der Waals surface area contributed by atoms with E-state index in [-0.39, 0.29) is 0 Å². The lowest BCUT2D eigenvalue weighted by atomic mass is 10.1. The van der Waals surface area contributed by atoms with E-state index >= 15 is 0 Å². The van der Waals surface area contributed by atoms with Crippen LogP contribution >= 0.6 is 0 Å². The van der Waals surface area contributed by atoms with Crippen LogP contribution in [0.2, 0.25) is 0 Å². The third-order valence-electron chi connectivity index (χ3n) is 4.16. The lowest BCUT2D eigenvalue weighted by molar-refractivity contribution is 0.834. The van der Waals surface area contributed by atoms with Crippen molar-refractivity contribution >= 4 is 28.3 Å². The summed E-state index contributed by atoms with van der Waals surface area (Å²) >= 11 is 0. The summed E-state index contributed by atoms with van der Waals surface area (Å²) in [7, 11) is 3.81. The van der Waals surface area contributed by atoms with Gasteiger partial charge in [0.05, 0.1) is 12.0 Å². The molecule has 0 saturated heterocycles. The summed E-state index contributed by atoms with van der Waals surface area (Å²) < 4.78 is 3.82. The highest BCUT2D eigenvalue weighted by Gasteiger charge is 2.14. The molecule has 24 heavy (non-hydrogen) atoms. The van der Waals surface area contributed by atoms with Crippen molar-refractivity contribution in [3.8, 4) is 0 Å². The van der Waals surface area contributed by atoms with Crippen LogP contribution in [-0.4, -0.2) is 31.2 Å². The molecule has 7 heteroatoms. The van der Waals surface area contributed by atoms with Gasteiger partial charge in [-0.15, -0.1) is 0 Å². The Morgan fingerprint density at radius 3 is 2.88 bits per heavy atom. The van der Waals surface area contributed by atoms with Crippen LogP contribution in [0, 0.1) is 0 Å². The molecule has 3 N–H and O–H groups in total. The maximum Gasteiger partial charge on any atom is 0.167 e. The summed E-state index contributed by atoms with van der Waals surface area (Å²) in [6.07, 6.45) is 3.50. The first kappa shape index (κ1) is 14.5. The Hall–Kier alpha value is -3.09. The van der Waals surface area contributed by atoms with Crippen LogP contribution in [0.5, 0.6) is 0 Å². The summed E-state index contributed by atoms with van der Waals surface area (Å²) in [4.78, 5) is 9.03.